The van der Waals surface area contributed by atoms with Crippen LogP contribution >= 0.6 is 11.6 Å². The predicted molar refractivity (Wildman–Crippen MR) is 137 cm³/mol. The fourth-order valence-electron chi connectivity index (χ4n) is 3.48. The molecule has 0 aliphatic carbocycles. The third-order valence-corrected chi connectivity index (χ3v) is 5.65. The molecule has 35 heavy (non-hydrogen) atoms. The fourth-order valence-corrected chi connectivity index (χ4v) is 3.60. The normalized spacial score (nSPS) is 10.5. The number of aromatic carboxylic acids is 1. The first-order chi connectivity index (χ1) is 16.8. The van der Waals surface area contributed by atoms with Crippen LogP contribution in [0.15, 0.2) is 85.1 Å². The minimum atomic E-state index is -1.13. The minimum Gasteiger partial charge on any atom is -0.497 e. The second kappa shape index (κ2) is 10.3. The third kappa shape index (κ3) is 5.59. The zero-order valence-electron chi connectivity index (χ0n) is 19.0. The molecule has 0 amide bonds. The molecule has 0 saturated heterocycles. The number of ether oxygens (including phenoxy) is 1. The Hall–Kier alpha value is -4.36. The summed E-state index contributed by atoms with van der Waals surface area (Å²) in [7, 11) is 3.46. The van der Waals surface area contributed by atoms with E-state index in [1.165, 1.54) is 12.1 Å². The van der Waals surface area contributed by atoms with Crippen LogP contribution < -0.4 is 15.0 Å². The summed E-state index contributed by atoms with van der Waals surface area (Å²) < 4.78 is 5.16. The number of benzene rings is 3. The van der Waals surface area contributed by atoms with Crippen molar-refractivity contribution < 1.29 is 19.4 Å². The second-order valence-corrected chi connectivity index (χ2v) is 8.16. The number of ketones is 1. The Kier molecular flexibility index (Phi) is 6.98. The van der Waals surface area contributed by atoms with Gasteiger partial charge in [-0.25, -0.2) is 4.79 Å². The number of carbonyl (C=O) groups excluding carboxylic acids is 1. The Bertz CT molecular complexity index is 1360. The third-order valence-electron chi connectivity index (χ3n) is 5.40. The number of carboxylic acid groups (broad SMARTS) is 1. The van der Waals surface area contributed by atoms with Crippen LogP contribution in [0.2, 0.25) is 5.02 Å². The lowest BCUT2D eigenvalue weighted by atomic mass is 10.0. The van der Waals surface area contributed by atoms with E-state index in [4.69, 9.17) is 16.3 Å². The summed E-state index contributed by atoms with van der Waals surface area (Å²) in [5.41, 5.74) is 3.30. The number of halogens is 1. The van der Waals surface area contributed by atoms with Gasteiger partial charge in [-0.05, 0) is 78.9 Å². The molecule has 0 atom stereocenters. The Morgan fingerprint density at radius 3 is 2.14 bits per heavy atom. The van der Waals surface area contributed by atoms with E-state index in [1.807, 2.05) is 24.1 Å². The van der Waals surface area contributed by atoms with Gasteiger partial charge in [0.05, 0.1) is 24.6 Å². The molecule has 0 radical (unpaired) electrons. The van der Waals surface area contributed by atoms with Crippen molar-refractivity contribution in [3.05, 3.63) is 107 Å². The predicted octanol–water partition coefficient (Wildman–Crippen LogP) is 6.18. The number of hydrogen-bond acceptors (Lipinski definition) is 6. The number of carbonyl (C=O) groups is 2. The Morgan fingerprint density at radius 2 is 1.54 bits per heavy atom. The number of methoxy groups -OCH3 is 1. The summed E-state index contributed by atoms with van der Waals surface area (Å²) in [4.78, 5) is 31.1. The van der Waals surface area contributed by atoms with Gasteiger partial charge in [0.15, 0.2) is 0 Å². The molecular formula is C27H22ClN3O4. The topological polar surface area (TPSA) is 91.8 Å². The molecule has 0 spiro atoms. The largest absolute Gasteiger partial charge is 0.497 e. The van der Waals surface area contributed by atoms with Crippen LogP contribution in [-0.2, 0) is 0 Å². The molecule has 0 unspecified atom stereocenters. The van der Waals surface area contributed by atoms with Crippen LogP contribution in [0.25, 0.3) is 0 Å². The lowest BCUT2D eigenvalue weighted by Crippen LogP contribution is -2.11. The highest BCUT2D eigenvalue weighted by atomic mass is 35.5. The quantitative estimate of drug-likeness (QED) is 0.286. The molecule has 0 saturated carbocycles. The van der Waals surface area contributed by atoms with Crippen molar-refractivity contribution in [1.29, 1.82) is 0 Å². The highest BCUT2D eigenvalue weighted by molar-refractivity contribution is 6.30. The van der Waals surface area contributed by atoms with Gasteiger partial charge in [0, 0.05) is 34.7 Å². The van der Waals surface area contributed by atoms with E-state index in [9.17, 15) is 14.7 Å². The molecular weight excluding hydrogens is 466 g/mol. The fraction of sp³-hybridized carbons (Fsp3) is 0.0741. The highest BCUT2D eigenvalue weighted by Gasteiger charge is 2.16. The van der Waals surface area contributed by atoms with Crippen LogP contribution in [0.3, 0.4) is 0 Å². The number of anilines is 4. The number of pyridine rings is 1. The van der Waals surface area contributed by atoms with Crippen molar-refractivity contribution in [3.63, 3.8) is 0 Å². The zero-order valence-corrected chi connectivity index (χ0v) is 19.8. The van der Waals surface area contributed by atoms with Crippen molar-refractivity contribution in [1.82, 2.24) is 4.98 Å². The van der Waals surface area contributed by atoms with Crippen molar-refractivity contribution >= 4 is 46.1 Å². The van der Waals surface area contributed by atoms with Crippen molar-refractivity contribution in [3.8, 4) is 5.75 Å². The maximum absolute atomic E-state index is 13.2. The molecule has 2 N–H and O–H groups in total. The summed E-state index contributed by atoms with van der Waals surface area (Å²) in [6.07, 6.45) is 1.60. The zero-order chi connectivity index (χ0) is 24.9. The van der Waals surface area contributed by atoms with E-state index in [0.29, 0.717) is 16.5 Å². The lowest BCUT2D eigenvalue weighted by Gasteiger charge is -2.19. The van der Waals surface area contributed by atoms with Gasteiger partial charge >= 0.3 is 5.97 Å². The van der Waals surface area contributed by atoms with Crippen LogP contribution in [0.4, 0.5) is 22.7 Å². The minimum absolute atomic E-state index is 0.00838. The second-order valence-electron chi connectivity index (χ2n) is 7.72. The summed E-state index contributed by atoms with van der Waals surface area (Å²) in [6.45, 7) is 0. The highest BCUT2D eigenvalue weighted by Crippen LogP contribution is 2.26. The first-order valence-corrected chi connectivity index (χ1v) is 11.0. The molecule has 7 nitrogen and oxygen atoms in total. The Labute approximate surface area is 207 Å². The number of carboxylic acids is 1. The van der Waals surface area contributed by atoms with Gasteiger partial charge in [-0.3, -0.25) is 9.78 Å². The van der Waals surface area contributed by atoms with Crippen LogP contribution in [0.5, 0.6) is 5.75 Å². The average Bonchev–Trinajstić information content (AvgIpc) is 2.88. The SMILES string of the molecule is COc1ccc(Nc2cc(C(=O)O)cc(C(=O)c3ccc(N(C)c4ccc(Cl)cc4)cn3)c2)cc1. The van der Waals surface area contributed by atoms with Crippen LogP contribution in [0, 0.1) is 0 Å². The standard InChI is InChI=1S/C27H22ClN3O4/c1-31(22-7-3-19(28)4-8-22)23-9-12-25(29-16-23)26(32)17-13-18(27(33)34)15-21(14-17)30-20-5-10-24(35-2)11-6-20/h3-16,30H,1-2H3,(H,33,34). The van der Waals surface area contributed by atoms with E-state index in [-0.39, 0.29) is 22.6 Å². The maximum Gasteiger partial charge on any atom is 0.335 e. The molecule has 4 rings (SSSR count). The first kappa shape index (κ1) is 23.8. The van der Waals surface area contributed by atoms with Gasteiger partial charge < -0.3 is 20.1 Å². The molecule has 0 aliphatic heterocycles. The molecule has 8 heteroatoms. The summed E-state index contributed by atoms with van der Waals surface area (Å²) in [6, 6.07) is 22.3. The van der Waals surface area contributed by atoms with Crippen molar-refractivity contribution in [2.24, 2.45) is 0 Å². The molecule has 0 bridgehead atoms. The Balaban J connectivity index is 1.59. The molecule has 1 heterocycles. The van der Waals surface area contributed by atoms with E-state index in [1.54, 1.807) is 67.9 Å². The number of aromatic nitrogens is 1. The summed E-state index contributed by atoms with van der Waals surface area (Å²) in [5.74, 6) is -0.821. The number of hydrogen-bond donors (Lipinski definition) is 2. The number of nitrogens with one attached hydrogen (secondary N) is 1. The van der Waals surface area contributed by atoms with Crippen LogP contribution in [-0.4, -0.2) is 36.0 Å². The lowest BCUT2D eigenvalue weighted by molar-refractivity contribution is 0.0697. The van der Waals surface area contributed by atoms with Gasteiger partial charge in [0.1, 0.15) is 11.4 Å². The molecule has 0 aliphatic rings. The number of nitrogens with zero attached hydrogens (tertiary/aromatic N) is 2. The van der Waals surface area contributed by atoms with Gasteiger partial charge in [0.25, 0.3) is 0 Å². The monoisotopic (exact) mass is 487 g/mol. The van der Waals surface area contributed by atoms with E-state index < -0.39 is 5.97 Å². The van der Waals surface area contributed by atoms with E-state index in [2.05, 4.69) is 10.3 Å². The molecule has 1 aromatic heterocycles. The maximum atomic E-state index is 13.2. The van der Waals surface area contributed by atoms with Gasteiger partial charge in [-0.15, -0.1) is 0 Å². The van der Waals surface area contributed by atoms with Gasteiger partial charge in [-0.2, -0.15) is 0 Å². The summed E-state index contributed by atoms with van der Waals surface area (Å²) >= 11 is 5.96. The van der Waals surface area contributed by atoms with Gasteiger partial charge in [-0.1, -0.05) is 11.6 Å². The van der Waals surface area contributed by atoms with Crippen LogP contribution in [0.1, 0.15) is 26.4 Å². The average molecular weight is 488 g/mol. The Morgan fingerprint density at radius 1 is 0.886 bits per heavy atom. The molecule has 3 aromatic carbocycles. The molecule has 0 fully saturated rings. The van der Waals surface area contributed by atoms with E-state index in [0.717, 1.165) is 17.1 Å². The van der Waals surface area contributed by atoms with Crippen molar-refractivity contribution in [2.75, 3.05) is 24.4 Å². The van der Waals surface area contributed by atoms with Crippen molar-refractivity contribution in [2.45, 2.75) is 0 Å². The molecule has 4 aromatic rings. The first-order valence-electron chi connectivity index (χ1n) is 10.6. The van der Waals surface area contributed by atoms with Gasteiger partial charge in [0.2, 0.25) is 5.78 Å². The number of rotatable bonds is 8. The summed E-state index contributed by atoms with van der Waals surface area (Å²) in [5, 5.41) is 13.3. The van der Waals surface area contributed by atoms with E-state index >= 15 is 0 Å². The molecule has 176 valence electrons. The smallest absolute Gasteiger partial charge is 0.335 e.